The Bertz CT molecular complexity index is 1010. The van der Waals surface area contributed by atoms with E-state index in [0.717, 1.165) is 48.0 Å². The maximum absolute atomic E-state index is 13.0. The van der Waals surface area contributed by atoms with Crippen LogP contribution in [0.1, 0.15) is 29.5 Å². The van der Waals surface area contributed by atoms with Crippen LogP contribution in [-0.4, -0.2) is 34.4 Å². The lowest BCUT2D eigenvalue weighted by Crippen LogP contribution is -2.34. The number of nitrogens with zero attached hydrogens (tertiary/aromatic N) is 6. The predicted molar refractivity (Wildman–Crippen MR) is 115 cm³/mol. The molecule has 0 radical (unpaired) electrons. The second-order valence-electron chi connectivity index (χ2n) is 7.00. The Balaban J connectivity index is 1.29. The highest BCUT2D eigenvalue weighted by Crippen LogP contribution is 2.31. The van der Waals surface area contributed by atoms with Gasteiger partial charge in [-0.25, -0.2) is 24.4 Å². The van der Waals surface area contributed by atoms with E-state index in [9.17, 15) is 4.39 Å². The molecule has 0 spiro atoms. The Kier molecular flexibility index (Phi) is 6.41. The third-order valence-corrected chi connectivity index (χ3v) is 6.08. The van der Waals surface area contributed by atoms with Crippen LogP contribution < -0.4 is 14.6 Å². The first-order chi connectivity index (χ1) is 15.2. The number of piperidine rings is 1. The van der Waals surface area contributed by atoms with Crippen molar-refractivity contribution in [1.82, 2.24) is 15.0 Å². The average molecular weight is 441 g/mol. The lowest BCUT2D eigenvalue weighted by molar-refractivity contribution is 0.301. The van der Waals surface area contributed by atoms with Gasteiger partial charge in [0.25, 0.3) is 0 Å². The van der Waals surface area contributed by atoms with Gasteiger partial charge in [-0.15, -0.1) is 11.3 Å². The van der Waals surface area contributed by atoms with Crippen molar-refractivity contribution in [3.8, 4) is 5.75 Å². The van der Waals surface area contributed by atoms with Crippen LogP contribution in [0.25, 0.3) is 0 Å². The summed E-state index contributed by atoms with van der Waals surface area (Å²) in [6, 6.07) is 7.03. The lowest BCUT2D eigenvalue weighted by atomic mass is 9.98. The number of halogens is 1. The fourth-order valence-corrected chi connectivity index (χ4v) is 4.36. The third kappa shape index (κ3) is 5.00. The van der Waals surface area contributed by atoms with Crippen molar-refractivity contribution in [3.05, 3.63) is 58.6 Å². The number of hydrogen-bond acceptors (Lipinski definition) is 9. The summed E-state index contributed by atoms with van der Waals surface area (Å²) >= 11 is 1.65. The van der Waals surface area contributed by atoms with Gasteiger partial charge in [0, 0.05) is 24.4 Å². The van der Waals surface area contributed by atoms with Gasteiger partial charge in [0.15, 0.2) is 5.82 Å². The van der Waals surface area contributed by atoms with Crippen LogP contribution in [0.2, 0.25) is 0 Å². The van der Waals surface area contributed by atoms with Crippen molar-refractivity contribution in [3.63, 3.8) is 0 Å². The summed E-state index contributed by atoms with van der Waals surface area (Å²) in [7, 11) is 0. The van der Waals surface area contributed by atoms with Crippen molar-refractivity contribution < 1.29 is 9.13 Å². The van der Waals surface area contributed by atoms with Crippen LogP contribution in [0, 0.1) is 16.8 Å². The van der Waals surface area contributed by atoms with Crippen molar-refractivity contribution in [2.75, 3.05) is 23.0 Å². The molecule has 1 saturated heterocycles. The molecule has 0 bridgehead atoms. The smallest absolute Gasteiger partial charge is 0.225 e. The first-order valence-corrected chi connectivity index (χ1v) is 10.6. The van der Waals surface area contributed by atoms with Crippen LogP contribution >= 0.6 is 11.3 Å². The second kappa shape index (κ2) is 9.56. The third-order valence-electron chi connectivity index (χ3n) is 5.02. The number of nitrogens with one attached hydrogen (secondary N) is 2. The quantitative estimate of drug-likeness (QED) is 0.232. The Morgan fingerprint density at radius 3 is 2.58 bits per heavy atom. The van der Waals surface area contributed by atoms with Crippen molar-refractivity contribution >= 4 is 29.3 Å². The summed E-state index contributed by atoms with van der Waals surface area (Å²) in [6.07, 6.45) is 5.26. The minimum atomic E-state index is -0.427. The van der Waals surface area contributed by atoms with E-state index in [1.807, 2.05) is 5.38 Å². The molecule has 0 unspecified atom stereocenters. The average Bonchev–Trinajstić information content (AvgIpc) is 3.29. The molecule has 9 nitrogen and oxygen atoms in total. The molecule has 4 rings (SSSR count). The fourth-order valence-electron chi connectivity index (χ4n) is 3.39. The molecule has 1 aliphatic rings. The molecule has 1 aliphatic heterocycles. The van der Waals surface area contributed by atoms with Gasteiger partial charge in [-0.3, -0.25) is 5.41 Å². The van der Waals surface area contributed by atoms with Gasteiger partial charge in [-0.05, 0) is 37.1 Å². The zero-order valence-electron chi connectivity index (χ0n) is 16.6. The standard InChI is InChI=1S/C20H21FN8OS/c21-15-9-24-20(25-10-15)28-7-5-14(6-8-28)19-26-16(12-31-19)11-30-18-3-1-17(2-4-18)29(13-22)27-23/h1-4,9-10,12-14,22-23H,5-8,11H2. The van der Waals surface area contributed by atoms with E-state index < -0.39 is 5.82 Å². The number of hydrogen-bond donors (Lipinski definition) is 2. The van der Waals surface area contributed by atoms with E-state index in [1.54, 1.807) is 35.6 Å². The Hall–Kier alpha value is -3.47. The van der Waals surface area contributed by atoms with Crippen molar-refractivity contribution in [1.29, 1.82) is 10.9 Å². The number of anilines is 2. The number of ether oxygens (including phenoxy) is 1. The van der Waals surface area contributed by atoms with Crippen LogP contribution in [-0.2, 0) is 6.61 Å². The molecule has 11 heteroatoms. The van der Waals surface area contributed by atoms with Gasteiger partial charge in [0.1, 0.15) is 18.7 Å². The van der Waals surface area contributed by atoms with Crippen LogP contribution in [0.3, 0.4) is 0 Å². The molecule has 31 heavy (non-hydrogen) atoms. The van der Waals surface area contributed by atoms with Crippen molar-refractivity contribution in [2.45, 2.75) is 25.4 Å². The first kappa shape index (κ1) is 20.8. The molecule has 0 saturated carbocycles. The monoisotopic (exact) mass is 440 g/mol. The van der Waals surface area contributed by atoms with Crippen LogP contribution in [0.5, 0.6) is 5.75 Å². The highest BCUT2D eigenvalue weighted by atomic mass is 32.1. The van der Waals surface area contributed by atoms with Crippen molar-refractivity contribution in [2.24, 2.45) is 5.22 Å². The fraction of sp³-hybridized carbons (Fsp3) is 0.300. The largest absolute Gasteiger partial charge is 0.487 e. The summed E-state index contributed by atoms with van der Waals surface area (Å²) < 4.78 is 18.8. The lowest BCUT2D eigenvalue weighted by Gasteiger charge is -2.30. The SMILES string of the molecule is N=CN(N=N)c1ccc(OCc2csc(C3CCN(c4ncc(F)cn4)CC3)n2)cc1. The number of benzene rings is 1. The highest BCUT2D eigenvalue weighted by molar-refractivity contribution is 7.09. The number of rotatable bonds is 8. The van der Waals surface area contributed by atoms with Gasteiger partial charge >= 0.3 is 0 Å². The zero-order valence-corrected chi connectivity index (χ0v) is 17.4. The molecule has 160 valence electrons. The van der Waals surface area contributed by atoms with E-state index in [2.05, 4.69) is 20.1 Å². The van der Waals surface area contributed by atoms with E-state index >= 15 is 0 Å². The summed E-state index contributed by atoms with van der Waals surface area (Å²) in [5.41, 5.74) is 8.53. The Morgan fingerprint density at radius 1 is 1.23 bits per heavy atom. The minimum absolute atomic E-state index is 0.370. The maximum Gasteiger partial charge on any atom is 0.225 e. The van der Waals surface area contributed by atoms with Gasteiger partial charge < -0.3 is 9.64 Å². The van der Waals surface area contributed by atoms with Gasteiger partial charge in [0.2, 0.25) is 5.95 Å². The van der Waals surface area contributed by atoms with E-state index in [4.69, 9.17) is 20.7 Å². The Labute approximate surface area is 182 Å². The molecule has 3 aromatic rings. The highest BCUT2D eigenvalue weighted by Gasteiger charge is 2.24. The van der Waals surface area contributed by atoms with E-state index in [0.29, 0.717) is 29.9 Å². The van der Waals surface area contributed by atoms with Gasteiger partial charge in [-0.2, -0.15) is 5.53 Å². The normalized spacial score (nSPS) is 14.3. The molecule has 1 aromatic carbocycles. The van der Waals surface area contributed by atoms with Gasteiger partial charge in [0.05, 0.1) is 28.8 Å². The summed E-state index contributed by atoms with van der Waals surface area (Å²) in [5, 5.41) is 14.7. The zero-order chi connectivity index (χ0) is 21.6. The van der Waals surface area contributed by atoms with Crippen LogP contribution in [0.15, 0.2) is 47.3 Å². The molecular formula is C20H21FN8OS. The summed E-state index contributed by atoms with van der Waals surface area (Å²) in [5.74, 6) is 1.21. The second-order valence-corrected chi connectivity index (χ2v) is 7.89. The van der Waals surface area contributed by atoms with E-state index in [-0.39, 0.29) is 0 Å². The number of aromatic nitrogens is 3. The molecule has 0 aliphatic carbocycles. The molecular weight excluding hydrogens is 419 g/mol. The minimum Gasteiger partial charge on any atom is -0.487 e. The van der Waals surface area contributed by atoms with Gasteiger partial charge in [-0.1, -0.05) is 5.22 Å². The molecule has 2 aromatic heterocycles. The molecule has 0 atom stereocenters. The molecule has 2 N–H and O–H groups in total. The van der Waals surface area contributed by atoms with Crippen LogP contribution in [0.4, 0.5) is 16.0 Å². The first-order valence-electron chi connectivity index (χ1n) is 9.73. The molecule has 0 amide bonds. The molecule has 3 heterocycles. The maximum atomic E-state index is 13.0. The Morgan fingerprint density at radius 2 is 1.94 bits per heavy atom. The topological polar surface area (TPSA) is 114 Å². The van der Waals surface area contributed by atoms with E-state index in [1.165, 1.54) is 12.4 Å². The summed E-state index contributed by atoms with van der Waals surface area (Å²) in [6.45, 7) is 1.99. The number of thiazole rings is 1. The molecule has 1 fully saturated rings. The predicted octanol–water partition coefficient (Wildman–Crippen LogP) is 4.39. The summed E-state index contributed by atoms with van der Waals surface area (Å²) in [4.78, 5) is 14.9.